The lowest BCUT2D eigenvalue weighted by atomic mass is 10.3. The first kappa shape index (κ1) is 10.9. The highest BCUT2D eigenvalue weighted by molar-refractivity contribution is 9.10. The van der Waals surface area contributed by atoms with Crippen molar-refractivity contribution in [2.45, 2.75) is 13.2 Å². The molecule has 1 aromatic rings. The second-order valence-corrected chi connectivity index (χ2v) is 3.64. The van der Waals surface area contributed by atoms with Crippen LogP contribution in [0.4, 0.5) is 4.39 Å². The smallest absolute Gasteiger partial charge is 0.360 e. The molecule has 0 aliphatic carbocycles. The van der Waals surface area contributed by atoms with Gasteiger partial charge in [0.1, 0.15) is 0 Å². The summed E-state index contributed by atoms with van der Waals surface area (Å²) in [5.74, 6) is -1.69. The molecule has 4 nitrogen and oxygen atoms in total. The highest BCUT2D eigenvalue weighted by Crippen LogP contribution is 2.12. The fourth-order valence-electron chi connectivity index (χ4n) is 0.988. The van der Waals surface area contributed by atoms with E-state index in [1.54, 1.807) is 0 Å². The maximum absolute atomic E-state index is 13.0. The van der Waals surface area contributed by atoms with E-state index in [0.29, 0.717) is 9.04 Å². The summed E-state index contributed by atoms with van der Waals surface area (Å²) in [4.78, 5) is 21.6. The number of aryl methyl sites for hydroxylation is 1. The normalized spacial score (nSPS) is 12.5. The van der Waals surface area contributed by atoms with Crippen LogP contribution in [0.25, 0.3) is 0 Å². The number of halogens is 2. The van der Waals surface area contributed by atoms with Crippen LogP contribution in [0.5, 0.6) is 0 Å². The van der Waals surface area contributed by atoms with E-state index in [1.807, 2.05) is 0 Å². The van der Waals surface area contributed by atoms with E-state index in [2.05, 4.69) is 15.9 Å². The van der Waals surface area contributed by atoms with Gasteiger partial charge in [-0.25, -0.2) is 9.18 Å². The number of pyridine rings is 1. The number of carboxylic acid groups (broad SMARTS) is 1. The molecule has 1 aromatic heterocycles. The summed E-state index contributed by atoms with van der Waals surface area (Å²) >= 11 is 3.05. The number of rotatable bonds is 2. The van der Waals surface area contributed by atoms with Crippen molar-refractivity contribution in [3.8, 4) is 0 Å². The number of alkyl halides is 1. The minimum atomic E-state index is -2.35. The molecule has 0 bridgehead atoms. The van der Waals surface area contributed by atoms with Gasteiger partial charge < -0.3 is 5.11 Å². The van der Waals surface area contributed by atoms with Crippen molar-refractivity contribution in [2.75, 3.05) is 0 Å². The Hall–Kier alpha value is -1.17. The molecule has 1 atom stereocenters. The molecule has 0 aliphatic rings. The first-order chi connectivity index (χ1) is 6.43. The summed E-state index contributed by atoms with van der Waals surface area (Å²) in [5.41, 5.74) is -0.369. The van der Waals surface area contributed by atoms with E-state index >= 15 is 0 Å². The molecule has 0 saturated heterocycles. The number of hydrogen-bond acceptors (Lipinski definition) is 2. The standard InChI is InChI=1S/C8H7BrFNO3/c1-4-2-5(9)3-11(7(4)12)6(10)8(13)14/h2-3,6H,1H3,(H,13,14). The SMILES string of the molecule is Cc1cc(Br)cn(C(F)C(=O)O)c1=O. The predicted octanol–water partition coefficient (Wildman–Crippen LogP) is 1.47. The lowest BCUT2D eigenvalue weighted by molar-refractivity contribution is -0.146. The summed E-state index contributed by atoms with van der Waals surface area (Å²) in [7, 11) is 0. The van der Waals surface area contributed by atoms with Gasteiger partial charge in [0, 0.05) is 16.2 Å². The lowest BCUT2D eigenvalue weighted by Gasteiger charge is -2.08. The molecule has 0 fully saturated rings. The van der Waals surface area contributed by atoms with Crippen molar-refractivity contribution in [3.05, 3.63) is 32.7 Å². The number of aliphatic carboxylic acids is 1. The van der Waals surface area contributed by atoms with Crippen LogP contribution < -0.4 is 5.56 Å². The first-order valence-electron chi connectivity index (χ1n) is 3.68. The van der Waals surface area contributed by atoms with E-state index in [4.69, 9.17) is 5.11 Å². The maximum atomic E-state index is 13.0. The lowest BCUT2D eigenvalue weighted by Crippen LogP contribution is -2.28. The molecule has 0 saturated carbocycles. The Kier molecular flexibility index (Phi) is 3.05. The van der Waals surface area contributed by atoms with Crippen molar-refractivity contribution < 1.29 is 14.3 Å². The molecule has 1 heterocycles. The van der Waals surface area contributed by atoms with Crippen LogP contribution in [0.3, 0.4) is 0 Å². The maximum Gasteiger partial charge on any atom is 0.360 e. The second kappa shape index (κ2) is 3.91. The molecule has 0 aliphatic heterocycles. The highest BCUT2D eigenvalue weighted by Gasteiger charge is 2.19. The summed E-state index contributed by atoms with van der Waals surface area (Å²) < 4.78 is 14.0. The Morgan fingerprint density at radius 2 is 2.29 bits per heavy atom. The van der Waals surface area contributed by atoms with Gasteiger partial charge in [-0.2, -0.15) is 0 Å². The largest absolute Gasteiger partial charge is 0.478 e. The Labute approximate surface area is 87.1 Å². The van der Waals surface area contributed by atoms with Crippen LogP contribution in [-0.2, 0) is 4.79 Å². The molecule has 1 N–H and O–H groups in total. The molecule has 6 heteroatoms. The van der Waals surface area contributed by atoms with Crippen LogP contribution >= 0.6 is 15.9 Å². The fraction of sp³-hybridized carbons (Fsp3) is 0.250. The minimum Gasteiger partial charge on any atom is -0.478 e. The second-order valence-electron chi connectivity index (χ2n) is 2.73. The Balaban J connectivity index is 3.34. The van der Waals surface area contributed by atoms with Gasteiger partial charge in [0.25, 0.3) is 11.9 Å². The van der Waals surface area contributed by atoms with Gasteiger partial charge in [-0.1, -0.05) is 0 Å². The van der Waals surface area contributed by atoms with Crippen LogP contribution in [-0.4, -0.2) is 15.6 Å². The Morgan fingerprint density at radius 1 is 1.71 bits per heavy atom. The van der Waals surface area contributed by atoms with E-state index in [9.17, 15) is 14.0 Å². The van der Waals surface area contributed by atoms with Gasteiger partial charge >= 0.3 is 5.97 Å². The van der Waals surface area contributed by atoms with Gasteiger partial charge in [-0.15, -0.1) is 0 Å². The Morgan fingerprint density at radius 3 is 2.79 bits per heavy atom. The zero-order chi connectivity index (χ0) is 10.9. The zero-order valence-electron chi connectivity index (χ0n) is 7.20. The van der Waals surface area contributed by atoms with Crippen molar-refractivity contribution in [1.82, 2.24) is 4.57 Å². The van der Waals surface area contributed by atoms with Crippen molar-refractivity contribution in [2.24, 2.45) is 0 Å². The molecular formula is C8H7BrFNO3. The monoisotopic (exact) mass is 263 g/mol. The van der Waals surface area contributed by atoms with Gasteiger partial charge in [0.15, 0.2) is 0 Å². The quantitative estimate of drug-likeness (QED) is 0.879. The predicted molar refractivity (Wildman–Crippen MR) is 50.9 cm³/mol. The summed E-state index contributed by atoms with van der Waals surface area (Å²) in [5, 5.41) is 8.39. The molecule has 1 unspecified atom stereocenters. The molecule has 0 radical (unpaired) electrons. The zero-order valence-corrected chi connectivity index (χ0v) is 8.78. The van der Waals surface area contributed by atoms with Gasteiger partial charge in [0.2, 0.25) is 0 Å². The molecular weight excluding hydrogens is 257 g/mol. The average molecular weight is 264 g/mol. The summed E-state index contributed by atoms with van der Waals surface area (Å²) in [6.07, 6.45) is -1.24. The summed E-state index contributed by atoms with van der Waals surface area (Å²) in [6, 6.07) is 1.49. The number of hydrogen-bond donors (Lipinski definition) is 1. The summed E-state index contributed by atoms with van der Waals surface area (Å²) in [6.45, 7) is 1.48. The van der Waals surface area contributed by atoms with Crippen molar-refractivity contribution >= 4 is 21.9 Å². The number of carbonyl (C=O) groups is 1. The topological polar surface area (TPSA) is 59.3 Å². The van der Waals surface area contributed by atoms with Crippen molar-refractivity contribution in [1.29, 1.82) is 0 Å². The highest BCUT2D eigenvalue weighted by atomic mass is 79.9. The third kappa shape index (κ3) is 2.01. The van der Waals surface area contributed by atoms with Crippen molar-refractivity contribution in [3.63, 3.8) is 0 Å². The molecule has 0 aromatic carbocycles. The van der Waals surface area contributed by atoms with Gasteiger partial charge in [0.05, 0.1) is 0 Å². The fourth-order valence-corrected chi connectivity index (χ4v) is 1.55. The molecule has 14 heavy (non-hydrogen) atoms. The van der Waals surface area contributed by atoms with Crippen LogP contribution in [0.15, 0.2) is 21.5 Å². The number of carboxylic acids is 1. The average Bonchev–Trinajstić information content (AvgIpc) is 2.09. The number of aromatic nitrogens is 1. The van der Waals surface area contributed by atoms with E-state index in [-0.39, 0.29) is 5.56 Å². The molecule has 0 amide bonds. The Bertz CT molecular complexity index is 429. The molecule has 1 rings (SSSR count). The van der Waals surface area contributed by atoms with E-state index in [1.165, 1.54) is 13.0 Å². The third-order valence-electron chi connectivity index (χ3n) is 1.64. The van der Waals surface area contributed by atoms with Gasteiger partial charge in [-0.05, 0) is 28.9 Å². The third-order valence-corrected chi connectivity index (χ3v) is 2.07. The molecule has 0 spiro atoms. The van der Waals surface area contributed by atoms with Crippen LogP contribution in [0.2, 0.25) is 0 Å². The first-order valence-corrected chi connectivity index (χ1v) is 4.48. The molecule has 76 valence electrons. The van der Waals surface area contributed by atoms with E-state index < -0.39 is 17.8 Å². The van der Waals surface area contributed by atoms with Crippen LogP contribution in [0.1, 0.15) is 11.9 Å². The minimum absolute atomic E-state index is 0.281. The van der Waals surface area contributed by atoms with Gasteiger partial charge in [-0.3, -0.25) is 9.36 Å². The number of nitrogens with zero attached hydrogens (tertiary/aromatic N) is 1. The van der Waals surface area contributed by atoms with E-state index in [0.717, 1.165) is 6.20 Å². The van der Waals surface area contributed by atoms with Crippen LogP contribution in [0, 0.1) is 6.92 Å².